The fraction of sp³-hybridized carbons (Fsp3) is 0.143. The Bertz CT molecular complexity index is 502. The summed E-state index contributed by atoms with van der Waals surface area (Å²) in [7, 11) is 1.67. The number of rotatable bonds is 5. The lowest BCUT2D eigenvalue weighted by Gasteiger charge is -2.10. The van der Waals surface area contributed by atoms with E-state index in [0.717, 1.165) is 21.5 Å². The van der Waals surface area contributed by atoms with Gasteiger partial charge in [0.05, 0.1) is 7.11 Å². The summed E-state index contributed by atoms with van der Waals surface area (Å²) in [4.78, 5) is 0. The van der Waals surface area contributed by atoms with Crippen molar-refractivity contribution in [3.05, 3.63) is 58.6 Å². The number of nitrogens with one attached hydrogen (secondary N) is 2. The lowest BCUT2D eigenvalue weighted by molar-refractivity contribution is 0.414. The Balaban J connectivity index is 1.94. The van der Waals surface area contributed by atoms with Gasteiger partial charge in [-0.15, -0.1) is 0 Å². The van der Waals surface area contributed by atoms with Crippen molar-refractivity contribution in [1.29, 1.82) is 0 Å². The van der Waals surface area contributed by atoms with Gasteiger partial charge in [0.1, 0.15) is 5.75 Å². The Labute approximate surface area is 115 Å². The highest BCUT2D eigenvalue weighted by molar-refractivity contribution is 9.10. The first-order valence-corrected chi connectivity index (χ1v) is 6.45. The molecule has 3 nitrogen and oxygen atoms in total. The lowest BCUT2D eigenvalue weighted by atomic mass is 10.2. The fourth-order valence-electron chi connectivity index (χ4n) is 1.58. The van der Waals surface area contributed by atoms with Crippen LogP contribution in [0.1, 0.15) is 5.56 Å². The van der Waals surface area contributed by atoms with Crippen LogP contribution in [0.4, 0.5) is 5.69 Å². The van der Waals surface area contributed by atoms with E-state index >= 15 is 0 Å². The van der Waals surface area contributed by atoms with Gasteiger partial charge in [-0.3, -0.25) is 0 Å². The molecule has 0 saturated carbocycles. The molecule has 2 aromatic rings. The van der Waals surface area contributed by atoms with Crippen molar-refractivity contribution in [1.82, 2.24) is 5.43 Å². The smallest absolute Gasteiger partial charge is 0.119 e. The van der Waals surface area contributed by atoms with Gasteiger partial charge < -0.3 is 10.2 Å². The summed E-state index contributed by atoms with van der Waals surface area (Å²) in [6, 6.07) is 15.9. The van der Waals surface area contributed by atoms with Gasteiger partial charge in [0.2, 0.25) is 0 Å². The maximum absolute atomic E-state index is 5.21. The lowest BCUT2D eigenvalue weighted by Crippen LogP contribution is -2.21. The molecule has 0 aromatic heterocycles. The second kappa shape index (κ2) is 6.42. The standard InChI is InChI=1S/C14H15BrN2O/c1-18-13-7-8-14(15)11(9-13)10-16-17-12-5-3-2-4-6-12/h2-9,16-17H,10H2,1H3. The minimum absolute atomic E-state index is 0.701. The fourth-order valence-corrected chi connectivity index (χ4v) is 1.96. The second-order valence-electron chi connectivity index (χ2n) is 3.80. The summed E-state index contributed by atoms with van der Waals surface area (Å²) in [5.74, 6) is 0.856. The number of methoxy groups -OCH3 is 1. The summed E-state index contributed by atoms with van der Waals surface area (Å²) in [6.45, 7) is 0.701. The van der Waals surface area contributed by atoms with E-state index in [-0.39, 0.29) is 0 Å². The van der Waals surface area contributed by atoms with Crippen molar-refractivity contribution in [2.24, 2.45) is 0 Å². The molecule has 0 atom stereocenters. The van der Waals surface area contributed by atoms with Crippen LogP contribution < -0.4 is 15.6 Å². The van der Waals surface area contributed by atoms with E-state index < -0.39 is 0 Å². The van der Waals surface area contributed by atoms with E-state index in [0.29, 0.717) is 6.54 Å². The van der Waals surface area contributed by atoms with Crippen molar-refractivity contribution in [2.45, 2.75) is 6.54 Å². The number of hydrogen-bond acceptors (Lipinski definition) is 3. The largest absolute Gasteiger partial charge is 0.497 e. The molecule has 0 heterocycles. The molecule has 2 aromatic carbocycles. The van der Waals surface area contributed by atoms with E-state index in [1.165, 1.54) is 0 Å². The molecular formula is C14H15BrN2O. The van der Waals surface area contributed by atoms with Gasteiger partial charge in [0, 0.05) is 16.7 Å². The first-order valence-electron chi connectivity index (χ1n) is 5.66. The monoisotopic (exact) mass is 306 g/mol. The van der Waals surface area contributed by atoms with Gasteiger partial charge in [0.15, 0.2) is 0 Å². The third-order valence-corrected chi connectivity index (χ3v) is 3.31. The van der Waals surface area contributed by atoms with Crippen LogP contribution in [0, 0.1) is 0 Å². The first kappa shape index (κ1) is 12.9. The van der Waals surface area contributed by atoms with Gasteiger partial charge in [0.25, 0.3) is 0 Å². The van der Waals surface area contributed by atoms with Crippen LogP contribution in [0.15, 0.2) is 53.0 Å². The van der Waals surface area contributed by atoms with Gasteiger partial charge in [-0.05, 0) is 35.9 Å². The summed E-state index contributed by atoms with van der Waals surface area (Å²) >= 11 is 3.52. The Hall–Kier alpha value is -1.52. The van der Waals surface area contributed by atoms with Gasteiger partial charge in [-0.2, -0.15) is 0 Å². The number of hydrazine groups is 1. The number of halogens is 1. The highest BCUT2D eigenvalue weighted by Crippen LogP contribution is 2.22. The minimum atomic E-state index is 0.701. The third-order valence-electron chi connectivity index (χ3n) is 2.54. The number of ether oxygens (including phenoxy) is 1. The SMILES string of the molecule is COc1ccc(Br)c(CNNc2ccccc2)c1. The molecule has 0 aliphatic rings. The zero-order valence-electron chi connectivity index (χ0n) is 10.1. The van der Waals surface area contributed by atoms with Crippen LogP contribution in [0.25, 0.3) is 0 Å². The highest BCUT2D eigenvalue weighted by atomic mass is 79.9. The molecule has 0 fully saturated rings. The molecule has 94 valence electrons. The molecule has 0 spiro atoms. The van der Waals surface area contributed by atoms with Crippen LogP contribution in [-0.2, 0) is 6.54 Å². The van der Waals surface area contributed by atoms with Crippen molar-refractivity contribution in [3.8, 4) is 5.75 Å². The van der Waals surface area contributed by atoms with Crippen molar-refractivity contribution < 1.29 is 4.74 Å². The highest BCUT2D eigenvalue weighted by Gasteiger charge is 2.01. The number of para-hydroxylation sites is 1. The van der Waals surface area contributed by atoms with E-state index in [1.807, 2.05) is 48.5 Å². The predicted molar refractivity (Wildman–Crippen MR) is 77.6 cm³/mol. The average molecular weight is 307 g/mol. The maximum atomic E-state index is 5.21. The molecule has 2 N–H and O–H groups in total. The topological polar surface area (TPSA) is 33.3 Å². The molecule has 0 aliphatic carbocycles. The number of hydrogen-bond donors (Lipinski definition) is 2. The Morgan fingerprint density at radius 1 is 1.11 bits per heavy atom. The minimum Gasteiger partial charge on any atom is -0.497 e. The quantitative estimate of drug-likeness (QED) is 0.829. The van der Waals surface area contributed by atoms with Crippen LogP contribution in [-0.4, -0.2) is 7.11 Å². The molecule has 0 radical (unpaired) electrons. The van der Waals surface area contributed by atoms with Gasteiger partial charge in [-0.1, -0.05) is 34.1 Å². The summed E-state index contributed by atoms with van der Waals surface area (Å²) < 4.78 is 6.27. The summed E-state index contributed by atoms with van der Waals surface area (Å²) in [5.41, 5.74) is 8.50. The molecular weight excluding hydrogens is 292 g/mol. The molecule has 4 heteroatoms. The Kier molecular flexibility index (Phi) is 4.61. The molecule has 0 unspecified atom stereocenters. The number of benzene rings is 2. The summed E-state index contributed by atoms with van der Waals surface area (Å²) in [6.07, 6.45) is 0. The number of anilines is 1. The van der Waals surface area contributed by atoms with E-state index in [9.17, 15) is 0 Å². The molecule has 0 amide bonds. The van der Waals surface area contributed by atoms with E-state index in [1.54, 1.807) is 7.11 Å². The van der Waals surface area contributed by atoms with Gasteiger partial charge >= 0.3 is 0 Å². The third kappa shape index (κ3) is 3.48. The molecule has 2 rings (SSSR count). The summed E-state index contributed by atoms with van der Waals surface area (Å²) in [5, 5.41) is 0. The zero-order valence-corrected chi connectivity index (χ0v) is 11.7. The van der Waals surface area contributed by atoms with Gasteiger partial charge in [-0.25, -0.2) is 5.43 Å². The van der Waals surface area contributed by atoms with E-state index in [4.69, 9.17) is 4.74 Å². The predicted octanol–water partition coefficient (Wildman–Crippen LogP) is 3.57. The zero-order chi connectivity index (χ0) is 12.8. The molecule has 18 heavy (non-hydrogen) atoms. The van der Waals surface area contributed by atoms with Crippen molar-refractivity contribution in [3.63, 3.8) is 0 Å². The van der Waals surface area contributed by atoms with E-state index in [2.05, 4.69) is 26.8 Å². The first-order chi connectivity index (χ1) is 8.79. The van der Waals surface area contributed by atoms with Crippen molar-refractivity contribution in [2.75, 3.05) is 12.5 Å². The Morgan fingerprint density at radius 3 is 2.61 bits per heavy atom. The maximum Gasteiger partial charge on any atom is 0.119 e. The second-order valence-corrected chi connectivity index (χ2v) is 4.66. The average Bonchev–Trinajstić information content (AvgIpc) is 2.42. The normalized spacial score (nSPS) is 10.1. The van der Waals surface area contributed by atoms with Crippen LogP contribution in [0.5, 0.6) is 5.75 Å². The molecule has 0 bridgehead atoms. The van der Waals surface area contributed by atoms with Crippen LogP contribution in [0.2, 0.25) is 0 Å². The van der Waals surface area contributed by atoms with Crippen LogP contribution >= 0.6 is 15.9 Å². The van der Waals surface area contributed by atoms with Crippen LogP contribution in [0.3, 0.4) is 0 Å². The molecule has 0 aliphatic heterocycles. The Morgan fingerprint density at radius 2 is 1.89 bits per heavy atom. The molecule has 0 saturated heterocycles. The van der Waals surface area contributed by atoms with Crippen molar-refractivity contribution >= 4 is 21.6 Å².